The Bertz CT molecular complexity index is 453. The SMILES string of the molecule is CC(C)NC(N)=NCc1cc(Br)ccc1OC(F)F. The molecule has 0 saturated heterocycles. The van der Waals surface area contributed by atoms with Gasteiger partial charge in [0.1, 0.15) is 5.75 Å². The van der Waals surface area contributed by atoms with E-state index in [-0.39, 0.29) is 24.3 Å². The van der Waals surface area contributed by atoms with E-state index in [0.717, 1.165) is 4.47 Å². The number of nitrogens with zero attached hydrogens (tertiary/aromatic N) is 1. The summed E-state index contributed by atoms with van der Waals surface area (Å²) in [6, 6.07) is 4.92. The molecule has 0 fully saturated rings. The summed E-state index contributed by atoms with van der Waals surface area (Å²) in [5, 5.41) is 2.91. The van der Waals surface area contributed by atoms with Gasteiger partial charge < -0.3 is 15.8 Å². The van der Waals surface area contributed by atoms with Crippen molar-refractivity contribution in [2.75, 3.05) is 0 Å². The molecule has 19 heavy (non-hydrogen) atoms. The number of benzene rings is 1. The predicted molar refractivity (Wildman–Crippen MR) is 74.4 cm³/mol. The molecule has 4 nitrogen and oxygen atoms in total. The maximum atomic E-state index is 12.3. The highest BCUT2D eigenvalue weighted by Crippen LogP contribution is 2.25. The minimum Gasteiger partial charge on any atom is -0.434 e. The van der Waals surface area contributed by atoms with E-state index in [2.05, 4.69) is 31.0 Å². The third-order valence-corrected chi connectivity index (χ3v) is 2.59. The molecule has 0 amide bonds. The lowest BCUT2D eigenvalue weighted by molar-refractivity contribution is -0.0504. The molecule has 0 atom stereocenters. The summed E-state index contributed by atoms with van der Waals surface area (Å²) in [5.74, 6) is 0.359. The Morgan fingerprint density at radius 2 is 2.16 bits per heavy atom. The number of ether oxygens (including phenoxy) is 1. The molecule has 7 heteroatoms. The van der Waals surface area contributed by atoms with Crippen LogP contribution in [0, 0.1) is 0 Å². The van der Waals surface area contributed by atoms with Gasteiger partial charge in [0.05, 0.1) is 6.54 Å². The Labute approximate surface area is 119 Å². The summed E-state index contributed by atoms with van der Waals surface area (Å²) in [4.78, 5) is 4.08. The smallest absolute Gasteiger partial charge is 0.387 e. The zero-order chi connectivity index (χ0) is 14.4. The van der Waals surface area contributed by atoms with E-state index >= 15 is 0 Å². The molecule has 0 spiro atoms. The first-order valence-electron chi connectivity index (χ1n) is 5.68. The van der Waals surface area contributed by atoms with Crippen molar-refractivity contribution in [1.82, 2.24) is 5.32 Å². The number of halogens is 3. The first kappa shape index (κ1) is 15.7. The number of hydrogen-bond donors (Lipinski definition) is 2. The van der Waals surface area contributed by atoms with E-state index in [9.17, 15) is 8.78 Å². The van der Waals surface area contributed by atoms with Crippen molar-refractivity contribution >= 4 is 21.9 Å². The summed E-state index contributed by atoms with van der Waals surface area (Å²) in [6.45, 7) is 1.14. The lowest BCUT2D eigenvalue weighted by atomic mass is 10.2. The molecular formula is C12H16BrF2N3O. The second-order valence-electron chi connectivity index (χ2n) is 4.13. The number of aliphatic imine (C=N–C) groups is 1. The van der Waals surface area contributed by atoms with Crippen LogP contribution in [-0.4, -0.2) is 18.6 Å². The fraction of sp³-hybridized carbons (Fsp3) is 0.417. The van der Waals surface area contributed by atoms with Gasteiger partial charge >= 0.3 is 6.61 Å². The number of hydrogen-bond acceptors (Lipinski definition) is 2. The van der Waals surface area contributed by atoms with Gasteiger partial charge in [-0.1, -0.05) is 15.9 Å². The zero-order valence-electron chi connectivity index (χ0n) is 10.7. The standard InChI is InChI=1S/C12H16BrF2N3O/c1-7(2)18-12(16)17-6-8-5-9(13)3-4-10(8)19-11(14)15/h3-5,7,11H,6H2,1-2H3,(H3,16,17,18). The van der Waals surface area contributed by atoms with Crippen LogP contribution in [0.2, 0.25) is 0 Å². The Morgan fingerprint density at radius 1 is 1.47 bits per heavy atom. The molecule has 3 N–H and O–H groups in total. The highest BCUT2D eigenvalue weighted by Gasteiger charge is 2.10. The van der Waals surface area contributed by atoms with E-state index in [1.807, 2.05) is 13.8 Å². The average Bonchev–Trinajstić information content (AvgIpc) is 2.28. The highest BCUT2D eigenvalue weighted by atomic mass is 79.9. The first-order valence-corrected chi connectivity index (χ1v) is 6.47. The molecular weight excluding hydrogens is 320 g/mol. The number of nitrogens with two attached hydrogens (primary N) is 1. The fourth-order valence-corrected chi connectivity index (χ4v) is 1.80. The summed E-state index contributed by atoms with van der Waals surface area (Å²) >= 11 is 3.27. The van der Waals surface area contributed by atoms with Crippen molar-refractivity contribution in [2.45, 2.75) is 33.0 Å². The third kappa shape index (κ3) is 5.87. The van der Waals surface area contributed by atoms with Crippen molar-refractivity contribution in [2.24, 2.45) is 10.7 Å². The van der Waals surface area contributed by atoms with E-state index in [4.69, 9.17) is 5.73 Å². The molecule has 0 bridgehead atoms. The van der Waals surface area contributed by atoms with Crippen molar-refractivity contribution in [3.8, 4) is 5.75 Å². The van der Waals surface area contributed by atoms with Gasteiger partial charge in [-0.05, 0) is 32.0 Å². The van der Waals surface area contributed by atoms with Gasteiger partial charge in [-0.2, -0.15) is 8.78 Å². The molecule has 106 valence electrons. The molecule has 0 aromatic heterocycles. The van der Waals surface area contributed by atoms with Crippen LogP contribution in [-0.2, 0) is 6.54 Å². The average molecular weight is 336 g/mol. The maximum Gasteiger partial charge on any atom is 0.387 e. The zero-order valence-corrected chi connectivity index (χ0v) is 12.2. The van der Waals surface area contributed by atoms with E-state index in [1.165, 1.54) is 6.07 Å². The van der Waals surface area contributed by atoms with Crippen LogP contribution in [0.5, 0.6) is 5.75 Å². The fourth-order valence-electron chi connectivity index (χ4n) is 1.39. The largest absolute Gasteiger partial charge is 0.434 e. The molecule has 0 aliphatic heterocycles. The van der Waals surface area contributed by atoms with Crippen molar-refractivity contribution in [1.29, 1.82) is 0 Å². The number of alkyl halides is 2. The Balaban J connectivity index is 2.83. The van der Waals surface area contributed by atoms with Crippen molar-refractivity contribution < 1.29 is 13.5 Å². The van der Waals surface area contributed by atoms with E-state index < -0.39 is 6.61 Å². The van der Waals surface area contributed by atoms with E-state index in [1.54, 1.807) is 12.1 Å². The number of rotatable bonds is 5. The molecule has 0 aliphatic rings. The minimum absolute atomic E-state index is 0.0966. The van der Waals surface area contributed by atoms with Crippen molar-refractivity contribution in [3.63, 3.8) is 0 Å². The molecule has 0 saturated carbocycles. The van der Waals surface area contributed by atoms with Gasteiger partial charge in [0.2, 0.25) is 0 Å². The van der Waals surface area contributed by atoms with Crippen LogP contribution in [0.1, 0.15) is 19.4 Å². The van der Waals surface area contributed by atoms with Gasteiger partial charge in [-0.15, -0.1) is 0 Å². The van der Waals surface area contributed by atoms with E-state index in [0.29, 0.717) is 5.56 Å². The molecule has 1 aromatic carbocycles. The Hall–Kier alpha value is -1.37. The highest BCUT2D eigenvalue weighted by molar-refractivity contribution is 9.10. The maximum absolute atomic E-state index is 12.3. The minimum atomic E-state index is -2.87. The molecule has 1 aromatic rings. The molecule has 0 radical (unpaired) electrons. The molecule has 1 rings (SSSR count). The molecule has 0 unspecified atom stereocenters. The topological polar surface area (TPSA) is 59.6 Å². The van der Waals surface area contributed by atoms with Crippen LogP contribution in [0.15, 0.2) is 27.7 Å². The van der Waals surface area contributed by atoms with Crippen LogP contribution in [0.4, 0.5) is 8.78 Å². The molecule has 0 heterocycles. The van der Waals surface area contributed by atoms with Gasteiger partial charge in [-0.25, -0.2) is 4.99 Å². The van der Waals surface area contributed by atoms with Crippen molar-refractivity contribution in [3.05, 3.63) is 28.2 Å². The summed E-state index contributed by atoms with van der Waals surface area (Å²) < 4.78 is 29.7. The van der Waals surface area contributed by atoms with Gasteiger partial charge in [0.25, 0.3) is 0 Å². The predicted octanol–water partition coefficient (Wildman–Crippen LogP) is 2.86. The quantitative estimate of drug-likeness (QED) is 0.642. The van der Waals surface area contributed by atoms with Crippen LogP contribution < -0.4 is 15.8 Å². The second-order valence-corrected chi connectivity index (χ2v) is 5.05. The number of guanidine groups is 1. The third-order valence-electron chi connectivity index (χ3n) is 2.09. The van der Waals surface area contributed by atoms with Crippen LogP contribution in [0.3, 0.4) is 0 Å². The molecule has 0 aliphatic carbocycles. The summed E-state index contributed by atoms with van der Waals surface area (Å²) in [6.07, 6.45) is 0. The monoisotopic (exact) mass is 335 g/mol. The van der Waals surface area contributed by atoms with Gasteiger partial charge in [0.15, 0.2) is 5.96 Å². The van der Waals surface area contributed by atoms with Crippen LogP contribution in [0.25, 0.3) is 0 Å². The lowest BCUT2D eigenvalue weighted by Gasteiger charge is -2.11. The number of nitrogens with one attached hydrogen (secondary N) is 1. The first-order chi connectivity index (χ1) is 8.88. The van der Waals surface area contributed by atoms with Gasteiger partial charge in [-0.3, -0.25) is 0 Å². The Morgan fingerprint density at radius 3 is 2.74 bits per heavy atom. The van der Waals surface area contributed by atoms with Crippen LogP contribution >= 0.6 is 15.9 Å². The lowest BCUT2D eigenvalue weighted by Crippen LogP contribution is -2.36. The second kappa shape index (κ2) is 7.28. The summed E-state index contributed by atoms with van der Waals surface area (Å²) in [5.41, 5.74) is 6.18. The Kier molecular flexibility index (Phi) is 6.01. The summed E-state index contributed by atoms with van der Waals surface area (Å²) in [7, 11) is 0. The van der Waals surface area contributed by atoms with Gasteiger partial charge in [0, 0.05) is 16.1 Å². The normalized spacial score (nSPS) is 12.1.